The fourth-order valence-electron chi connectivity index (χ4n) is 2.18. The summed E-state index contributed by atoms with van der Waals surface area (Å²) in [5.74, 6) is 0.0752. The number of hydrogen-bond donors (Lipinski definition) is 1. The summed E-state index contributed by atoms with van der Waals surface area (Å²) >= 11 is 12.0. The molecule has 0 atom stereocenters. The summed E-state index contributed by atoms with van der Waals surface area (Å²) in [6, 6.07) is 5.34. The highest BCUT2D eigenvalue weighted by atomic mass is 35.5. The largest absolute Gasteiger partial charge is 0.383 e. The molecule has 0 unspecified atom stereocenters. The summed E-state index contributed by atoms with van der Waals surface area (Å²) < 4.78 is 0. The quantitative estimate of drug-likeness (QED) is 0.841. The van der Waals surface area contributed by atoms with Crippen molar-refractivity contribution >= 4 is 41.2 Å². The van der Waals surface area contributed by atoms with Gasteiger partial charge in [-0.1, -0.05) is 29.3 Å². The minimum atomic E-state index is 0.0752. The van der Waals surface area contributed by atoms with Gasteiger partial charge in [-0.3, -0.25) is 9.59 Å². The molecule has 7 heteroatoms. The van der Waals surface area contributed by atoms with E-state index in [1.165, 1.54) is 0 Å². The summed E-state index contributed by atoms with van der Waals surface area (Å²) in [4.78, 5) is 26.1. The maximum Gasteiger partial charge on any atom is 0.224 e. The van der Waals surface area contributed by atoms with Crippen molar-refractivity contribution in [3.63, 3.8) is 0 Å². The Balaban J connectivity index is 1.77. The molecule has 21 heavy (non-hydrogen) atoms. The third-order valence-corrected chi connectivity index (χ3v) is 4.24. The first-order valence-corrected chi connectivity index (χ1v) is 7.52. The van der Waals surface area contributed by atoms with E-state index in [1.54, 1.807) is 21.9 Å². The number of rotatable bonds is 5. The smallest absolute Gasteiger partial charge is 0.224 e. The molecule has 1 N–H and O–H groups in total. The first kappa shape index (κ1) is 15.9. The first-order chi connectivity index (χ1) is 10.1. The van der Waals surface area contributed by atoms with Crippen molar-refractivity contribution in [3.05, 3.63) is 28.2 Å². The van der Waals surface area contributed by atoms with E-state index in [2.05, 4.69) is 5.32 Å². The highest BCUT2D eigenvalue weighted by Gasteiger charge is 2.19. The van der Waals surface area contributed by atoms with Crippen LogP contribution in [-0.2, 0) is 9.59 Å². The maximum atomic E-state index is 12.1. The van der Waals surface area contributed by atoms with Crippen LogP contribution >= 0.6 is 23.2 Å². The van der Waals surface area contributed by atoms with Crippen LogP contribution in [0.2, 0.25) is 10.0 Å². The van der Waals surface area contributed by atoms with E-state index in [-0.39, 0.29) is 5.91 Å². The average Bonchev–Trinajstić information content (AvgIpc) is 2.51. The summed E-state index contributed by atoms with van der Waals surface area (Å²) in [5.41, 5.74) is 0.725. The standard InChI is InChI=1S/C14H17Cl2N3O2/c15-11-2-1-3-12(14(11)16)17-5-4-13(21)19-8-6-18(10-20)7-9-19/h1-3,10,17H,4-9H2. The van der Waals surface area contributed by atoms with Crippen LogP contribution < -0.4 is 5.32 Å². The van der Waals surface area contributed by atoms with Gasteiger partial charge >= 0.3 is 0 Å². The molecule has 1 saturated heterocycles. The van der Waals surface area contributed by atoms with Crippen LogP contribution in [0.3, 0.4) is 0 Å². The molecule has 1 aromatic carbocycles. The zero-order valence-corrected chi connectivity index (χ0v) is 13.0. The van der Waals surface area contributed by atoms with Crippen LogP contribution in [0.5, 0.6) is 0 Å². The second-order valence-electron chi connectivity index (χ2n) is 4.80. The van der Waals surface area contributed by atoms with E-state index in [1.807, 2.05) is 6.07 Å². The molecule has 0 aromatic heterocycles. The van der Waals surface area contributed by atoms with Crippen molar-refractivity contribution in [1.29, 1.82) is 0 Å². The molecule has 0 saturated carbocycles. The van der Waals surface area contributed by atoms with Crippen LogP contribution in [0.15, 0.2) is 18.2 Å². The molecular weight excluding hydrogens is 313 g/mol. The van der Waals surface area contributed by atoms with Crippen molar-refractivity contribution in [2.45, 2.75) is 6.42 Å². The molecule has 2 rings (SSSR count). The summed E-state index contributed by atoms with van der Waals surface area (Å²) in [6.07, 6.45) is 1.20. The zero-order valence-electron chi connectivity index (χ0n) is 11.5. The Hall–Kier alpha value is -1.46. The Kier molecular flexibility index (Phi) is 5.70. The highest BCUT2D eigenvalue weighted by molar-refractivity contribution is 6.43. The monoisotopic (exact) mass is 329 g/mol. The Bertz CT molecular complexity index is 517. The minimum Gasteiger partial charge on any atom is -0.383 e. The Morgan fingerprint density at radius 2 is 1.95 bits per heavy atom. The molecule has 0 spiro atoms. The summed E-state index contributed by atoms with van der Waals surface area (Å²) in [5, 5.41) is 4.06. The predicted octanol–water partition coefficient (Wildman–Crippen LogP) is 2.10. The molecule has 114 valence electrons. The van der Waals surface area contributed by atoms with Crippen molar-refractivity contribution in [2.24, 2.45) is 0 Å². The lowest BCUT2D eigenvalue weighted by molar-refractivity contribution is -0.134. The lowest BCUT2D eigenvalue weighted by atomic mass is 10.2. The molecule has 5 nitrogen and oxygen atoms in total. The van der Waals surface area contributed by atoms with Gasteiger partial charge in [0.1, 0.15) is 0 Å². The summed E-state index contributed by atoms with van der Waals surface area (Å²) in [7, 11) is 0. The number of carbonyl (C=O) groups excluding carboxylic acids is 2. The third-order valence-electron chi connectivity index (χ3n) is 3.42. The van der Waals surface area contributed by atoms with E-state index < -0.39 is 0 Å². The number of carbonyl (C=O) groups is 2. The molecular formula is C14H17Cl2N3O2. The Morgan fingerprint density at radius 1 is 1.24 bits per heavy atom. The van der Waals surface area contributed by atoms with Crippen LogP contribution in [-0.4, -0.2) is 54.8 Å². The second-order valence-corrected chi connectivity index (χ2v) is 5.59. The van der Waals surface area contributed by atoms with Crippen molar-refractivity contribution in [2.75, 3.05) is 38.0 Å². The Labute approximate surface area is 133 Å². The maximum absolute atomic E-state index is 12.1. The molecule has 1 aliphatic rings. The van der Waals surface area contributed by atoms with Gasteiger partial charge in [-0.25, -0.2) is 0 Å². The lowest BCUT2D eigenvalue weighted by Crippen LogP contribution is -2.48. The van der Waals surface area contributed by atoms with Gasteiger partial charge in [0.2, 0.25) is 12.3 Å². The van der Waals surface area contributed by atoms with Crippen LogP contribution in [0.4, 0.5) is 5.69 Å². The van der Waals surface area contributed by atoms with E-state index in [0.717, 1.165) is 12.1 Å². The van der Waals surface area contributed by atoms with Gasteiger partial charge in [-0.2, -0.15) is 0 Å². The molecule has 0 radical (unpaired) electrons. The van der Waals surface area contributed by atoms with Crippen molar-refractivity contribution in [1.82, 2.24) is 9.80 Å². The fraction of sp³-hybridized carbons (Fsp3) is 0.429. The van der Waals surface area contributed by atoms with E-state index in [4.69, 9.17) is 23.2 Å². The number of anilines is 1. The van der Waals surface area contributed by atoms with Gasteiger partial charge < -0.3 is 15.1 Å². The second kappa shape index (κ2) is 7.52. The number of nitrogens with one attached hydrogen (secondary N) is 1. The predicted molar refractivity (Wildman–Crippen MR) is 83.8 cm³/mol. The van der Waals surface area contributed by atoms with E-state index in [9.17, 15) is 9.59 Å². The topological polar surface area (TPSA) is 52.7 Å². The summed E-state index contributed by atoms with van der Waals surface area (Å²) in [6.45, 7) is 2.88. The molecule has 1 heterocycles. The number of hydrogen-bond acceptors (Lipinski definition) is 3. The van der Waals surface area contributed by atoms with Gasteiger partial charge in [0.25, 0.3) is 0 Å². The van der Waals surface area contributed by atoms with Crippen LogP contribution in [0, 0.1) is 0 Å². The number of halogens is 2. The number of amides is 2. The van der Waals surface area contributed by atoms with Gasteiger partial charge in [0.15, 0.2) is 0 Å². The van der Waals surface area contributed by atoms with Crippen LogP contribution in [0.1, 0.15) is 6.42 Å². The molecule has 1 fully saturated rings. The van der Waals surface area contributed by atoms with Crippen molar-refractivity contribution in [3.8, 4) is 0 Å². The third kappa shape index (κ3) is 4.25. The van der Waals surface area contributed by atoms with Crippen LogP contribution in [0.25, 0.3) is 0 Å². The highest BCUT2D eigenvalue weighted by Crippen LogP contribution is 2.29. The van der Waals surface area contributed by atoms with Gasteiger partial charge in [0.05, 0.1) is 15.7 Å². The zero-order chi connectivity index (χ0) is 15.2. The van der Waals surface area contributed by atoms with Gasteiger partial charge in [-0.05, 0) is 12.1 Å². The molecule has 1 aromatic rings. The molecule has 0 aliphatic carbocycles. The first-order valence-electron chi connectivity index (χ1n) is 6.77. The number of piperazine rings is 1. The van der Waals surface area contributed by atoms with Gasteiger partial charge in [0, 0.05) is 39.1 Å². The number of nitrogens with zero attached hydrogens (tertiary/aromatic N) is 2. The molecule has 1 aliphatic heterocycles. The van der Waals surface area contributed by atoms with E-state index in [0.29, 0.717) is 49.2 Å². The van der Waals surface area contributed by atoms with Crippen molar-refractivity contribution < 1.29 is 9.59 Å². The number of benzene rings is 1. The SMILES string of the molecule is O=CN1CCN(C(=O)CCNc2cccc(Cl)c2Cl)CC1. The molecule has 2 amide bonds. The lowest BCUT2D eigenvalue weighted by Gasteiger charge is -2.32. The molecule has 0 bridgehead atoms. The van der Waals surface area contributed by atoms with E-state index >= 15 is 0 Å². The fourth-order valence-corrected chi connectivity index (χ4v) is 2.55. The minimum absolute atomic E-state index is 0.0752. The van der Waals surface area contributed by atoms with Gasteiger partial charge in [-0.15, -0.1) is 0 Å². The normalized spacial score (nSPS) is 15.0. The average molecular weight is 330 g/mol. The Morgan fingerprint density at radius 3 is 2.62 bits per heavy atom.